The van der Waals surface area contributed by atoms with Gasteiger partial charge in [0, 0.05) is 25.3 Å². The Morgan fingerprint density at radius 2 is 1.87 bits per heavy atom. The maximum atomic E-state index is 12.9. The van der Waals surface area contributed by atoms with Crippen molar-refractivity contribution in [3.8, 4) is 0 Å². The molecule has 0 radical (unpaired) electrons. The molecule has 168 valence electrons. The molecular weight excluding hydrogens is 418 g/mol. The number of hydrogen-bond acceptors (Lipinski definition) is 5. The van der Waals surface area contributed by atoms with E-state index in [1.54, 1.807) is 19.2 Å². The molecule has 0 saturated heterocycles. The highest BCUT2D eigenvalue weighted by Crippen LogP contribution is 2.30. The van der Waals surface area contributed by atoms with Crippen molar-refractivity contribution in [1.82, 2.24) is 14.6 Å². The van der Waals surface area contributed by atoms with E-state index in [9.17, 15) is 13.2 Å². The number of amides is 1. The second-order valence-corrected chi connectivity index (χ2v) is 11.9. The van der Waals surface area contributed by atoms with E-state index in [-0.39, 0.29) is 22.9 Å². The molecule has 6 nitrogen and oxygen atoms in total. The number of pyridine rings is 1. The number of carbonyl (C=O) groups is 1. The predicted molar refractivity (Wildman–Crippen MR) is 121 cm³/mol. The number of sulfonamides is 1. The van der Waals surface area contributed by atoms with Crippen LogP contribution in [0.2, 0.25) is 0 Å². The molecule has 1 heterocycles. The molecule has 1 aromatic heterocycles. The fourth-order valence-electron chi connectivity index (χ4n) is 4.59. The van der Waals surface area contributed by atoms with Crippen molar-refractivity contribution in [2.45, 2.75) is 87.2 Å². The van der Waals surface area contributed by atoms with Gasteiger partial charge >= 0.3 is 0 Å². The Morgan fingerprint density at radius 3 is 2.53 bits per heavy atom. The van der Waals surface area contributed by atoms with Gasteiger partial charge in [0.25, 0.3) is 0 Å². The van der Waals surface area contributed by atoms with Crippen LogP contribution in [0.4, 0.5) is 0 Å². The number of nitrogens with zero attached hydrogens (tertiary/aromatic N) is 2. The third-order valence-corrected chi connectivity index (χ3v) is 9.72. The molecule has 8 heteroatoms. The molecule has 0 bridgehead atoms. The van der Waals surface area contributed by atoms with Crippen LogP contribution >= 0.6 is 11.8 Å². The summed E-state index contributed by atoms with van der Waals surface area (Å²) >= 11 is 1.34. The molecule has 2 aliphatic carbocycles. The van der Waals surface area contributed by atoms with E-state index in [2.05, 4.69) is 24.1 Å². The van der Waals surface area contributed by atoms with Crippen LogP contribution in [0.1, 0.15) is 65.2 Å². The summed E-state index contributed by atoms with van der Waals surface area (Å²) in [4.78, 5) is 16.9. The van der Waals surface area contributed by atoms with Crippen LogP contribution in [-0.4, -0.2) is 48.5 Å². The molecule has 1 aromatic rings. The van der Waals surface area contributed by atoms with Crippen LogP contribution in [0.15, 0.2) is 28.3 Å². The van der Waals surface area contributed by atoms with Crippen LogP contribution in [0.5, 0.6) is 0 Å². The lowest BCUT2D eigenvalue weighted by molar-refractivity contribution is -0.120. The normalized spacial score (nSPS) is 25.9. The number of carbonyl (C=O) groups excluding carboxylic acids is 1. The average Bonchev–Trinajstić information content (AvgIpc) is 2.76. The topological polar surface area (TPSA) is 79.4 Å². The van der Waals surface area contributed by atoms with Crippen molar-refractivity contribution in [3.63, 3.8) is 0 Å². The van der Waals surface area contributed by atoms with Crippen LogP contribution in [0, 0.1) is 11.8 Å². The Hall–Kier alpha value is -1.12. The minimum Gasteiger partial charge on any atom is -0.352 e. The van der Waals surface area contributed by atoms with Gasteiger partial charge in [0.15, 0.2) is 0 Å². The molecule has 1 N–H and O–H groups in total. The molecule has 3 unspecified atom stereocenters. The van der Waals surface area contributed by atoms with Gasteiger partial charge in [-0.25, -0.2) is 13.4 Å². The molecular formula is C22H35N3O3S2. The zero-order valence-corrected chi connectivity index (χ0v) is 20.0. The monoisotopic (exact) mass is 453 g/mol. The van der Waals surface area contributed by atoms with E-state index in [1.165, 1.54) is 35.1 Å². The van der Waals surface area contributed by atoms with Crippen molar-refractivity contribution >= 4 is 27.7 Å². The average molecular weight is 454 g/mol. The lowest BCUT2D eigenvalue weighted by Gasteiger charge is -2.34. The number of thioether (sulfide) groups is 1. The Morgan fingerprint density at radius 1 is 1.13 bits per heavy atom. The first-order valence-electron chi connectivity index (χ1n) is 11.2. The first-order chi connectivity index (χ1) is 14.3. The molecule has 30 heavy (non-hydrogen) atoms. The van der Waals surface area contributed by atoms with E-state index in [1.807, 2.05) is 0 Å². The van der Waals surface area contributed by atoms with Gasteiger partial charge in [-0.1, -0.05) is 57.7 Å². The predicted octanol–water partition coefficient (Wildman–Crippen LogP) is 4.07. The van der Waals surface area contributed by atoms with Crippen molar-refractivity contribution in [3.05, 3.63) is 18.3 Å². The molecule has 2 fully saturated rings. The third-order valence-electron chi connectivity index (χ3n) is 6.88. The Labute approximate surface area is 185 Å². The standard InChI is InChI=1S/C22H35N3O3S2/c1-16-8-7-11-20(17(16)2)24-21(26)15-29-22-13-12-19(14-23-22)30(27,28)25(3)18-9-5-4-6-10-18/h12-14,16-18,20H,4-11,15H2,1-3H3,(H,24,26). The molecule has 0 aromatic carbocycles. The fourth-order valence-corrected chi connectivity index (χ4v) is 6.60. The van der Waals surface area contributed by atoms with Crippen molar-refractivity contribution < 1.29 is 13.2 Å². The SMILES string of the molecule is CC1CCCC(NC(=O)CSc2ccc(S(=O)(=O)N(C)C3CCCCC3)cn2)C1C. The molecule has 1 amide bonds. The summed E-state index contributed by atoms with van der Waals surface area (Å²) in [6.45, 7) is 4.47. The van der Waals surface area contributed by atoms with E-state index in [4.69, 9.17) is 0 Å². The number of nitrogens with one attached hydrogen (secondary N) is 1. The molecule has 3 rings (SSSR count). The summed E-state index contributed by atoms with van der Waals surface area (Å²) in [5, 5.41) is 3.83. The molecule has 0 spiro atoms. The van der Waals surface area contributed by atoms with Gasteiger partial charge in [-0.2, -0.15) is 4.31 Å². The van der Waals surface area contributed by atoms with Crippen molar-refractivity contribution in [1.29, 1.82) is 0 Å². The second-order valence-electron chi connectivity index (χ2n) is 8.88. The number of aromatic nitrogens is 1. The summed E-state index contributed by atoms with van der Waals surface area (Å²) in [5.74, 6) is 1.44. The van der Waals surface area contributed by atoms with Gasteiger partial charge in [-0.05, 0) is 43.2 Å². The zero-order chi connectivity index (χ0) is 21.7. The van der Waals surface area contributed by atoms with Crippen LogP contribution in [0.3, 0.4) is 0 Å². The van der Waals surface area contributed by atoms with E-state index >= 15 is 0 Å². The zero-order valence-electron chi connectivity index (χ0n) is 18.3. The van der Waals surface area contributed by atoms with Gasteiger partial charge in [-0.15, -0.1) is 0 Å². The van der Waals surface area contributed by atoms with Gasteiger partial charge in [0.2, 0.25) is 15.9 Å². The van der Waals surface area contributed by atoms with Gasteiger partial charge in [0.05, 0.1) is 10.8 Å². The van der Waals surface area contributed by atoms with Crippen molar-refractivity contribution in [2.75, 3.05) is 12.8 Å². The summed E-state index contributed by atoms with van der Waals surface area (Å²) in [6, 6.07) is 3.63. The van der Waals surface area contributed by atoms with Crippen molar-refractivity contribution in [2.24, 2.45) is 11.8 Å². The Balaban J connectivity index is 1.53. The maximum Gasteiger partial charge on any atom is 0.244 e. The Kier molecular flexibility index (Phi) is 8.21. The molecule has 0 aliphatic heterocycles. The summed E-state index contributed by atoms with van der Waals surface area (Å²) < 4.78 is 27.3. The van der Waals surface area contributed by atoms with Gasteiger partial charge in [0.1, 0.15) is 4.90 Å². The lowest BCUT2D eigenvalue weighted by Crippen LogP contribution is -2.44. The van der Waals surface area contributed by atoms with Gasteiger partial charge in [-0.3, -0.25) is 4.79 Å². The first kappa shape index (κ1) is 23.5. The van der Waals surface area contributed by atoms with Crippen LogP contribution in [0.25, 0.3) is 0 Å². The second kappa shape index (κ2) is 10.5. The lowest BCUT2D eigenvalue weighted by atomic mass is 9.78. The highest BCUT2D eigenvalue weighted by molar-refractivity contribution is 7.99. The maximum absolute atomic E-state index is 12.9. The van der Waals surface area contributed by atoms with E-state index in [0.717, 1.165) is 38.5 Å². The smallest absolute Gasteiger partial charge is 0.244 e. The highest BCUT2D eigenvalue weighted by Gasteiger charge is 2.30. The molecule has 2 saturated carbocycles. The summed E-state index contributed by atoms with van der Waals surface area (Å²) in [7, 11) is -1.86. The molecule has 3 atom stereocenters. The third kappa shape index (κ3) is 5.77. The minimum absolute atomic E-state index is 0.0153. The highest BCUT2D eigenvalue weighted by atomic mass is 32.2. The van der Waals surface area contributed by atoms with E-state index < -0.39 is 10.0 Å². The fraction of sp³-hybridized carbons (Fsp3) is 0.727. The molecule has 2 aliphatic rings. The van der Waals surface area contributed by atoms with Gasteiger partial charge < -0.3 is 5.32 Å². The Bertz CT molecular complexity index is 807. The largest absolute Gasteiger partial charge is 0.352 e. The van der Waals surface area contributed by atoms with Crippen LogP contribution in [-0.2, 0) is 14.8 Å². The quantitative estimate of drug-likeness (QED) is 0.630. The van der Waals surface area contributed by atoms with Crippen LogP contribution < -0.4 is 5.32 Å². The summed E-state index contributed by atoms with van der Waals surface area (Å²) in [6.07, 6.45) is 10.0. The minimum atomic E-state index is -3.53. The number of hydrogen-bond donors (Lipinski definition) is 1. The summed E-state index contributed by atoms with van der Waals surface area (Å²) in [5.41, 5.74) is 0. The van der Waals surface area contributed by atoms with E-state index in [0.29, 0.717) is 22.6 Å². The first-order valence-corrected chi connectivity index (χ1v) is 13.6. The number of rotatable bonds is 7.